The van der Waals surface area contributed by atoms with Crippen LogP contribution in [0.2, 0.25) is 0 Å². The molecular formula is C14H22F3NO. The predicted molar refractivity (Wildman–Crippen MR) is 65.9 cm³/mol. The highest BCUT2D eigenvalue weighted by Crippen LogP contribution is 2.49. The Balaban J connectivity index is 1.50. The lowest BCUT2D eigenvalue weighted by Crippen LogP contribution is -2.48. The molecule has 2 saturated carbocycles. The Hall–Kier alpha value is -0.290. The van der Waals surface area contributed by atoms with Crippen LogP contribution < -0.4 is 5.32 Å². The van der Waals surface area contributed by atoms with Gasteiger partial charge in [0.25, 0.3) is 0 Å². The molecule has 3 aliphatic rings. The van der Waals surface area contributed by atoms with E-state index in [2.05, 4.69) is 5.32 Å². The zero-order valence-corrected chi connectivity index (χ0v) is 11.2. The van der Waals surface area contributed by atoms with E-state index in [0.29, 0.717) is 6.54 Å². The highest BCUT2D eigenvalue weighted by Gasteiger charge is 2.63. The molecule has 1 N–H and O–H groups in total. The van der Waals surface area contributed by atoms with Crippen LogP contribution >= 0.6 is 0 Å². The second-order valence-electron chi connectivity index (χ2n) is 6.48. The maximum atomic E-state index is 12.8. The first kappa shape index (κ1) is 13.7. The van der Waals surface area contributed by atoms with Crippen molar-refractivity contribution in [3.05, 3.63) is 0 Å². The summed E-state index contributed by atoms with van der Waals surface area (Å²) in [6.07, 6.45) is 4.07. The number of alkyl halides is 3. The van der Waals surface area contributed by atoms with E-state index < -0.39 is 11.7 Å². The van der Waals surface area contributed by atoms with Crippen molar-refractivity contribution in [3.8, 4) is 0 Å². The smallest absolute Gasteiger partial charge is 0.370 e. The summed E-state index contributed by atoms with van der Waals surface area (Å²) in [7, 11) is 0. The van der Waals surface area contributed by atoms with Gasteiger partial charge in [-0.3, -0.25) is 0 Å². The minimum atomic E-state index is -4.12. The van der Waals surface area contributed by atoms with Crippen LogP contribution in [0.3, 0.4) is 0 Å². The number of rotatable bonds is 3. The lowest BCUT2D eigenvalue weighted by atomic mass is 9.83. The average Bonchev–Trinajstić information content (AvgIpc) is 3.07. The van der Waals surface area contributed by atoms with Crippen LogP contribution in [0.15, 0.2) is 0 Å². The first-order valence-corrected chi connectivity index (χ1v) is 7.44. The number of hydrogen-bond donors (Lipinski definition) is 1. The van der Waals surface area contributed by atoms with Gasteiger partial charge in [-0.05, 0) is 38.5 Å². The third-order valence-electron chi connectivity index (χ3n) is 5.06. The molecule has 0 radical (unpaired) electrons. The largest absolute Gasteiger partial charge is 0.406 e. The van der Waals surface area contributed by atoms with Crippen LogP contribution in [0.1, 0.15) is 57.8 Å². The summed E-state index contributed by atoms with van der Waals surface area (Å²) < 4.78 is 44.5. The van der Waals surface area contributed by atoms with Gasteiger partial charge in [-0.1, -0.05) is 19.3 Å². The summed E-state index contributed by atoms with van der Waals surface area (Å²) in [6, 6.07) is 0. The van der Waals surface area contributed by atoms with Gasteiger partial charge in [-0.15, -0.1) is 0 Å². The van der Waals surface area contributed by atoms with E-state index in [1.165, 1.54) is 19.3 Å². The zero-order chi connectivity index (χ0) is 13.6. The van der Waals surface area contributed by atoms with Crippen LogP contribution in [0.4, 0.5) is 13.2 Å². The SMILES string of the molecule is FC(F)(F)C1(NCC2CCC3(CCCCC3)O2)CC1. The van der Waals surface area contributed by atoms with Crippen molar-refractivity contribution in [2.45, 2.75) is 81.2 Å². The van der Waals surface area contributed by atoms with E-state index in [0.717, 1.165) is 25.7 Å². The first-order valence-electron chi connectivity index (χ1n) is 7.44. The Kier molecular flexibility index (Phi) is 3.33. The number of ether oxygens (including phenoxy) is 1. The molecule has 1 heterocycles. The Morgan fingerprint density at radius 3 is 2.26 bits per heavy atom. The van der Waals surface area contributed by atoms with Gasteiger partial charge in [0, 0.05) is 6.54 Å². The third kappa shape index (κ3) is 2.64. The molecule has 0 aromatic heterocycles. The predicted octanol–water partition coefficient (Wildman–Crippen LogP) is 3.55. The van der Waals surface area contributed by atoms with Crippen molar-refractivity contribution in [1.82, 2.24) is 5.32 Å². The fourth-order valence-electron chi connectivity index (χ4n) is 3.60. The number of hydrogen-bond acceptors (Lipinski definition) is 2. The molecule has 1 spiro atoms. The van der Waals surface area contributed by atoms with Gasteiger partial charge < -0.3 is 10.1 Å². The van der Waals surface area contributed by atoms with Crippen LogP contribution in [-0.2, 0) is 4.74 Å². The molecule has 1 aliphatic heterocycles. The molecule has 1 atom stereocenters. The number of nitrogens with one attached hydrogen (secondary N) is 1. The maximum Gasteiger partial charge on any atom is 0.406 e. The topological polar surface area (TPSA) is 21.3 Å². The van der Waals surface area contributed by atoms with E-state index in [4.69, 9.17) is 4.74 Å². The Morgan fingerprint density at radius 1 is 1.00 bits per heavy atom. The summed E-state index contributed by atoms with van der Waals surface area (Å²) in [5.74, 6) is 0. The fraction of sp³-hybridized carbons (Fsp3) is 1.00. The van der Waals surface area contributed by atoms with Crippen molar-refractivity contribution in [1.29, 1.82) is 0 Å². The van der Waals surface area contributed by atoms with E-state index in [-0.39, 0.29) is 24.5 Å². The van der Waals surface area contributed by atoms with Crippen LogP contribution in [0.25, 0.3) is 0 Å². The molecule has 0 bridgehead atoms. The summed E-state index contributed by atoms with van der Waals surface area (Å²) in [5, 5.41) is 2.72. The quantitative estimate of drug-likeness (QED) is 0.851. The molecule has 3 fully saturated rings. The molecule has 3 rings (SSSR count). The molecule has 2 nitrogen and oxygen atoms in total. The van der Waals surface area contributed by atoms with Crippen molar-refractivity contribution in [3.63, 3.8) is 0 Å². The molecule has 2 aliphatic carbocycles. The van der Waals surface area contributed by atoms with Gasteiger partial charge in [0.15, 0.2) is 0 Å². The number of halogens is 3. The second-order valence-corrected chi connectivity index (χ2v) is 6.48. The Morgan fingerprint density at radius 2 is 1.68 bits per heavy atom. The molecule has 5 heteroatoms. The average molecular weight is 277 g/mol. The molecule has 110 valence electrons. The standard InChI is InChI=1S/C14H22F3NO/c15-14(16,17)13(8-9-13)18-10-11-4-7-12(19-11)5-2-1-3-6-12/h11,18H,1-10H2. The summed E-state index contributed by atoms with van der Waals surface area (Å²) in [6.45, 7) is 0.348. The van der Waals surface area contributed by atoms with Gasteiger partial charge in [0.1, 0.15) is 5.54 Å². The zero-order valence-electron chi connectivity index (χ0n) is 11.2. The highest BCUT2D eigenvalue weighted by molar-refractivity contribution is 5.08. The van der Waals surface area contributed by atoms with Crippen molar-refractivity contribution in [2.24, 2.45) is 0 Å². The summed E-state index contributed by atoms with van der Waals surface area (Å²) in [4.78, 5) is 0. The summed E-state index contributed by atoms with van der Waals surface area (Å²) >= 11 is 0. The normalized spacial score (nSPS) is 32.7. The van der Waals surface area contributed by atoms with Crippen LogP contribution in [-0.4, -0.2) is 30.0 Å². The van der Waals surface area contributed by atoms with E-state index in [1.54, 1.807) is 0 Å². The van der Waals surface area contributed by atoms with E-state index in [1.807, 2.05) is 0 Å². The van der Waals surface area contributed by atoms with Gasteiger partial charge in [-0.25, -0.2) is 0 Å². The molecule has 0 amide bonds. The third-order valence-corrected chi connectivity index (χ3v) is 5.06. The van der Waals surface area contributed by atoms with Gasteiger partial charge in [-0.2, -0.15) is 13.2 Å². The van der Waals surface area contributed by atoms with Crippen molar-refractivity contribution < 1.29 is 17.9 Å². The van der Waals surface area contributed by atoms with Crippen LogP contribution in [0, 0.1) is 0 Å². The lowest BCUT2D eigenvalue weighted by molar-refractivity contribution is -0.167. The second kappa shape index (κ2) is 4.62. The molecule has 0 aromatic carbocycles. The minimum Gasteiger partial charge on any atom is -0.370 e. The monoisotopic (exact) mass is 277 g/mol. The molecular weight excluding hydrogens is 255 g/mol. The minimum absolute atomic E-state index is 0.000453. The van der Waals surface area contributed by atoms with Gasteiger partial charge in [0.05, 0.1) is 11.7 Å². The molecule has 1 unspecified atom stereocenters. The van der Waals surface area contributed by atoms with Gasteiger partial charge in [0.2, 0.25) is 0 Å². The van der Waals surface area contributed by atoms with Crippen molar-refractivity contribution in [2.75, 3.05) is 6.54 Å². The first-order chi connectivity index (χ1) is 8.95. The van der Waals surface area contributed by atoms with Crippen molar-refractivity contribution >= 4 is 0 Å². The fourth-order valence-corrected chi connectivity index (χ4v) is 3.60. The molecule has 1 saturated heterocycles. The highest BCUT2D eigenvalue weighted by atomic mass is 19.4. The lowest BCUT2D eigenvalue weighted by Gasteiger charge is -2.33. The summed E-state index contributed by atoms with van der Waals surface area (Å²) in [5.41, 5.74) is -1.60. The maximum absolute atomic E-state index is 12.8. The molecule has 19 heavy (non-hydrogen) atoms. The van der Waals surface area contributed by atoms with Gasteiger partial charge >= 0.3 is 6.18 Å². The van der Waals surface area contributed by atoms with Crippen LogP contribution in [0.5, 0.6) is 0 Å². The Labute approximate surface area is 112 Å². The van der Waals surface area contributed by atoms with E-state index in [9.17, 15) is 13.2 Å². The Bertz CT molecular complexity index is 332. The molecule has 0 aromatic rings. The van der Waals surface area contributed by atoms with E-state index >= 15 is 0 Å².